The molecule has 136 valence electrons. The average molecular weight is 364 g/mol. The van der Waals surface area contributed by atoms with Gasteiger partial charge in [0.1, 0.15) is 18.2 Å². The minimum Gasteiger partial charge on any atom is -0.482 e. The summed E-state index contributed by atoms with van der Waals surface area (Å²) >= 11 is 0. The number of pyridine rings is 1. The number of rotatable bonds is 5. The van der Waals surface area contributed by atoms with E-state index in [-0.39, 0.29) is 28.3 Å². The van der Waals surface area contributed by atoms with Crippen LogP contribution in [0.15, 0.2) is 24.3 Å². The van der Waals surface area contributed by atoms with Gasteiger partial charge in [0.15, 0.2) is 22.9 Å². The highest BCUT2D eigenvalue weighted by atomic mass is 19.1. The van der Waals surface area contributed by atoms with Crippen molar-refractivity contribution >= 4 is 11.6 Å². The number of imidazole rings is 1. The lowest BCUT2D eigenvalue weighted by Crippen LogP contribution is -2.10. The second-order valence-electron chi connectivity index (χ2n) is 5.67. The van der Waals surface area contributed by atoms with Crippen LogP contribution in [-0.2, 0) is 13.0 Å². The van der Waals surface area contributed by atoms with Gasteiger partial charge in [0, 0.05) is 5.69 Å². The highest BCUT2D eigenvalue weighted by Crippen LogP contribution is 2.29. The van der Waals surface area contributed by atoms with E-state index in [1.54, 1.807) is 6.92 Å². The number of carboxylic acid groups (broad SMARTS) is 1. The summed E-state index contributed by atoms with van der Waals surface area (Å²) in [6.07, 6.45) is 0.353. The molecule has 26 heavy (non-hydrogen) atoms. The van der Waals surface area contributed by atoms with Gasteiger partial charge >= 0.3 is 5.97 Å². The predicted molar refractivity (Wildman–Crippen MR) is 86.9 cm³/mol. The molecule has 0 aliphatic heterocycles. The third-order valence-electron chi connectivity index (χ3n) is 4.04. The molecule has 3 rings (SSSR count). The summed E-state index contributed by atoms with van der Waals surface area (Å²) in [5.41, 5.74) is 0.0540. The Morgan fingerprint density at radius 3 is 2.46 bits per heavy atom. The molecule has 0 saturated heterocycles. The molecule has 0 radical (unpaired) electrons. The fourth-order valence-corrected chi connectivity index (χ4v) is 2.80. The monoisotopic (exact) mass is 364 g/mol. The van der Waals surface area contributed by atoms with Gasteiger partial charge in [-0.2, -0.15) is 0 Å². The van der Waals surface area contributed by atoms with Gasteiger partial charge in [-0.15, -0.1) is 0 Å². The number of carboxylic acids is 1. The molecule has 1 aromatic carbocycles. The molecule has 0 amide bonds. The Kier molecular flexibility index (Phi) is 4.58. The summed E-state index contributed by atoms with van der Waals surface area (Å²) in [7, 11) is 0. The normalized spacial score (nSPS) is 11.1. The van der Waals surface area contributed by atoms with E-state index in [2.05, 4.69) is 4.98 Å². The van der Waals surface area contributed by atoms with Crippen LogP contribution in [0.2, 0.25) is 0 Å². The number of carbonyl (C=O) groups is 1. The quantitative estimate of drug-likeness (QED) is 0.746. The van der Waals surface area contributed by atoms with Crippen LogP contribution in [0.4, 0.5) is 13.2 Å². The van der Waals surface area contributed by atoms with E-state index in [0.717, 1.165) is 18.2 Å². The Morgan fingerprint density at radius 1 is 1.23 bits per heavy atom. The molecule has 5 nitrogen and oxygen atoms in total. The maximum atomic E-state index is 14.5. The first-order chi connectivity index (χ1) is 12.3. The molecule has 2 heterocycles. The lowest BCUT2D eigenvalue weighted by atomic mass is 10.2. The summed E-state index contributed by atoms with van der Waals surface area (Å²) in [4.78, 5) is 15.6. The van der Waals surface area contributed by atoms with E-state index < -0.39 is 30.0 Å². The van der Waals surface area contributed by atoms with E-state index in [4.69, 9.17) is 4.74 Å². The number of aromatic carboxylic acids is 1. The fraction of sp³-hybridized carbons (Fsp3) is 0.222. The predicted octanol–water partition coefficient (Wildman–Crippen LogP) is 3.90. The van der Waals surface area contributed by atoms with E-state index in [9.17, 15) is 23.1 Å². The van der Waals surface area contributed by atoms with Gasteiger partial charge in [-0.05, 0) is 31.5 Å². The zero-order valence-corrected chi connectivity index (χ0v) is 14.0. The molecule has 8 heteroatoms. The van der Waals surface area contributed by atoms with Crippen molar-refractivity contribution in [1.82, 2.24) is 9.38 Å². The van der Waals surface area contributed by atoms with Crippen molar-refractivity contribution in [2.24, 2.45) is 0 Å². The lowest BCUT2D eigenvalue weighted by molar-refractivity contribution is 0.0688. The number of halogens is 3. The SMILES string of the molecule is CCc1cc(F)c(OCc2c(F)cccc2F)c2nc(C)c(C(=O)O)n12. The van der Waals surface area contributed by atoms with Crippen LogP contribution < -0.4 is 4.74 Å². The molecule has 0 spiro atoms. The third kappa shape index (κ3) is 2.87. The van der Waals surface area contributed by atoms with E-state index in [0.29, 0.717) is 12.1 Å². The Bertz CT molecular complexity index is 995. The molecular formula is C18H15F3N2O3. The van der Waals surface area contributed by atoms with Gasteiger partial charge in [-0.3, -0.25) is 4.40 Å². The maximum Gasteiger partial charge on any atom is 0.354 e. The molecule has 0 bridgehead atoms. The van der Waals surface area contributed by atoms with Crippen LogP contribution in [-0.4, -0.2) is 20.5 Å². The number of ether oxygens (including phenoxy) is 1. The van der Waals surface area contributed by atoms with Gasteiger partial charge in [-0.25, -0.2) is 22.9 Å². The summed E-state index contributed by atoms with van der Waals surface area (Å²) in [5.74, 6) is -4.01. The number of aryl methyl sites for hydroxylation is 2. The minimum absolute atomic E-state index is 0.0477. The van der Waals surface area contributed by atoms with Gasteiger partial charge in [0.25, 0.3) is 0 Å². The van der Waals surface area contributed by atoms with Crippen LogP contribution >= 0.6 is 0 Å². The van der Waals surface area contributed by atoms with E-state index >= 15 is 0 Å². The Balaban J connectivity index is 2.13. The first kappa shape index (κ1) is 17.8. The maximum absolute atomic E-state index is 14.5. The molecule has 3 aromatic rings. The molecule has 0 atom stereocenters. The van der Waals surface area contributed by atoms with Crippen LogP contribution in [0.1, 0.15) is 34.4 Å². The molecule has 2 aromatic heterocycles. The standard InChI is InChI=1S/C18H15F3N2O3/c1-3-10-7-14(21)16(17-22-9(2)15(18(24)25)23(10)17)26-8-11-12(19)5-4-6-13(11)20/h4-7H,3,8H2,1-2H3,(H,24,25). The molecule has 0 aliphatic rings. The van der Waals surface area contributed by atoms with Gasteiger partial charge < -0.3 is 9.84 Å². The Hall–Kier alpha value is -3.03. The first-order valence-electron chi connectivity index (χ1n) is 7.84. The fourth-order valence-electron chi connectivity index (χ4n) is 2.80. The van der Waals surface area contributed by atoms with Crippen molar-refractivity contribution in [3.8, 4) is 5.75 Å². The highest BCUT2D eigenvalue weighted by molar-refractivity contribution is 5.89. The Labute approximate surface area is 146 Å². The zero-order valence-electron chi connectivity index (χ0n) is 14.0. The molecule has 0 unspecified atom stereocenters. The van der Waals surface area contributed by atoms with Crippen molar-refractivity contribution in [3.63, 3.8) is 0 Å². The average Bonchev–Trinajstić information content (AvgIpc) is 2.92. The molecular weight excluding hydrogens is 349 g/mol. The summed E-state index contributed by atoms with van der Waals surface area (Å²) in [5, 5.41) is 9.42. The summed E-state index contributed by atoms with van der Waals surface area (Å²) < 4.78 is 48.6. The zero-order chi connectivity index (χ0) is 19.0. The molecule has 0 aliphatic carbocycles. The van der Waals surface area contributed by atoms with Crippen molar-refractivity contribution in [1.29, 1.82) is 0 Å². The third-order valence-corrected chi connectivity index (χ3v) is 4.04. The second-order valence-corrected chi connectivity index (χ2v) is 5.67. The summed E-state index contributed by atoms with van der Waals surface area (Å²) in [6, 6.07) is 4.47. The van der Waals surface area contributed by atoms with Crippen LogP contribution in [0.25, 0.3) is 5.65 Å². The van der Waals surface area contributed by atoms with Crippen LogP contribution in [0.3, 0.4) is 0 Å². The number of benzene rings is 1. The van der Waals surface area contributed by atoms with Crippen molar-refractivity contribution < 1.29 is 27.8 Å². The first-order valence-corrected chi connectivity index (χ1v) is 7.84. The lowest BCUT2D eigenvalue weighted by Gasteiger charge is -2.13. The number of hydrogen-bond donors (Lipinski definition) is 1. The number of nitrogens with zero attached hydrogens (tertiary/aromatic N) is 2. The van der Waals surface area contributed by atoms with Crippen LogP contribution in [0.5, 0.6) is 5.75 Å². The molecule has 0 saturated carbocycles. The minimum atomic E-state index is -1.22. The Morgan fingerprint density at radius 2 is 1.88 bits per heavy atom. The second kappa shape index (κ2) is 6.70. The van der Waals surface area contributed by atoms with Crippen LogP contribution in [0, 0.1) is 24.4 Å². The van der Waals surface area contributed by atoms with Gasteiger partial charge in [-0.1, -0.05) is 13.0 Å². The van der Waals surface area contributed by atoms with Gasteiger partial charge in [0.05, 0.1) is 11.3 Å². The van der Waals surface area contributed by atoms with E-state index in [1.165, 1.54) is 17.4 Å². The van der Waals surface area contributed by atoms with E-state index in [1.807, 2.05) is 0 Å². The number of fused-ring (bicyclic) bond motifs is 1. The molecule has 0 fully saturated rings. The number of hydrogen-bond acceptors (Lipinski definition) is 3. The van der Waals surface area contributed by atoms with Crippen molar-refractivity contribution in [2.75, 3.05) is 0 Å². The van der Waals surface area contributed by atoms with Gasteiger partial charge in [0.2, 0.25) is 0 Å². The molecule has 1 N–H and O–H groups in total. The van der Waals surface area contributed by atoms with Crippen molar-refractivity contribution in [2.45, 2.75) is 26.9 Å². The number of aromatic nitrogens is 2. The topological polar surface area (TPSA) is 63.8 Å². The largest absolute Gasteiger partial charge is 0.482 e. The summed E-state index contributed by atoms with van der Waals surface area (Å²) in [6.45, 7) is 2.66. The van der Waals surface area contributed by atoms with Crippen molar-refractivity contribution in [3.05, 3.63) is 64.4 Å². The smallest absolute Gasteiger partial charge is 0.354 e. The highest BCUT2D eigenvalue weighted by Gasteiger charge is 2.23.